The molecule has 0 aliphatic carbocycles. The smallest absolute Gasteiger partial charge is 0.129 e. The van der Waals surface area contributed by atoms with Crippen molar-refractivity contribution in [1.29, 1.82) is 0 Å². The van der Waals surface area contributed by atoms with Gasteiger partial charge in [0, 0.05) is 12.1 Å². The summed E-state index contributed by atoms with van der Waals surface area (Å²) in [5, 5.41) is 3.38. The van der Waals surface area contributed by atoms with Crippen LogP contribution in [-0.4, -0.2) is 12.6 Å². The minimum atomic E-state index is -0.527. The highest BCUT2D eigenvalue weighted by molar-refractivity contribution is 5.20. The van der Waals surface area contributed by atoms with E-state index in [1.807, 2.05) is 25.1 Å². The molecule has 1 unspecified atom stereocenters. The second-order valence-corrected chi connectivity index (χ2v) is 5.22. The minimum absolute atomic E-state index is 0.190. The number of nitrogens with one attached hydrogen (secondary N) is 1. The van der Waals surface area contributed by atoms with Gasteiger partial charge in [0.15, 0.2) is 0 Å². The molecule has 0 saturated carbocycles. The molecule has 2 aromatic rings. The molecule has 0 radical (unpaired) electrons. The third-order valence-electron chi connectivity index (χ3n) is 3.60. The zero-order chi connectivity index (χ0) is 15.1. The zero-order valence-electron chi connectivity index (χ0n) is 12.3. The van der Waals surface area contributed by atoms with Crippen LogP contribution in [0.5, 0.6) is 0 Å². The van der Waals surface area contributed by atoms with Crippen LogP contribution in [0.3, 0.4) is 0 Å². The van der Waals surface area contributed by atoms with E-state index < -0.39 is 11.6 Å². The Hall–Kier alpha value is -1.74. The Bertz CT molecular complexity index is 554. The van der Waals surface area contributed by atoms with E-state index in [0.717, 1.165) is 25.5 Å². The van der Waals surface area contributed by atoms with E-state index in [1.54, 1.807) is 0 Å². The van der Waals surface area contributed by atoms with Gasteiger partial charge in [-0.2, -0.15) is 0 Å². The summed E-state index contributed by atoms with van der Waals surface area (Å²) in [5.41, 5.74) is 1.84. The van der Waals surface area contributed by atoms with E-state index in [-0.39, 0.29) is 6.04 Å². The minimum Gasteiger partial charge on any atom is -0.314 e. The Morgan fingerprint density at radius 3 is 2.48 bits per heavy atom. The molecule has 3 heteroatoms. The Kier molecular flexibility index (Phi) is 5.88. The van der Waals surface area contributed by atoms with Gasteiger partial charge in [-0.3, -0.25) is 0 Å². The first-order valence-corrected chi connectivity index (χ1v) is 7.40. The summed E-state index contributed by atoms with van der Waals surface area (Å²) in [5.74, 6) is -0.988. The quantitative estimate of drug-likeness (QED) is 0.808. The van der Waals surface area contributed by atoms with Crippen molar-refractivity contribution in [1.82, 2.24) is 5.32 Å². The topological polar surface area (TPSA) is 12.0 Å². The molecule has 0 bridgehead atoms. The highest BCUT2D eigenvalue weighted by atomic mass is 19.1. The van der Waals surface area contributed by atoms with Crippen LogP contribution in [0.4, 0.5) is 8.78 Å². The Labute approximate surface area is 125 Å². The number of hydrogen-bond acceptors (Lipinski definition) is 1. The van der Waals surface area contributed by atoms with Gasteiger partial charge in [-0.05, 0) is 43.0 Å². The Balaban J connectivity index is 1.98. The molecule has 0 amide bonds. The van der Waals surface area contributed by atoms with Crippen molar-refractivity contribution in [3.05, 3.63) is 71.3 Å². The largest absolute Gasteiger partial charge is 0.314 e. The average molecular weight is 289 g/mol. The van der Waals surface area contributed by atoms with Gasteiger partial charge in [0.05, 0.1) is 0 Å². The fraction of sp³-hybridized carbons (Fsp3) is 0.333. The van der Waals surface area contributed by atoms with E-state index >= 15 is 0 Å². The second-order valence-electron chi connectivity index (χ2n) is 5.22. The van der Waals surface area contributed by atoms with Crippen molar-refractivity contribution in [3.63, 3.8) is 0 Å². The standard InChI is InChI=1S/C18H21F2N/c1-2-21-17(11-8-14-6-4-3-5-7-14)12-15-9-10-16(19)13-18(15)20/h3-7,9-10,13,17,21H,2,8,11-12H2,1H3. The van der Waals surface area contributed by atoms with Crippen molar-refractivity contribution in [2.24, 2.45) is 0 Å². The molecule has 0 aliphatic rings. The monoisotopic (exact) mass is 289 g/mol. The molecular weight excluding hydrogens is 268 g/mol. The van der Waals surface area contributed by atoms with E-state index in [9.17, 15) is 8.78 Å². The summed E-state index contributed by atoms with van der Waals surface area (Å²) in [6.45, 7) is 2.87. The lowest BCUT2D eigenvalue weighted by molar-refractivity contribution is 0.477. The molecule has 0 fully saturated rings. The van der Waals surface area contributed by atoms with Gasteiger partial charge in [-0.15, -0.1) is 0 Å². The summed E-state index contributed by atoms with van der Waals surface area (Å²) in [7, 11) is 0. The molecule has 21 heavy (non-hydrogen) atoms. The van der Waals surface area contributed by atoms with Crippen LogP contribution < -0.4 is 5.32 Å². The number of likely N-dealkylation sites (N-methyl/N-ethyl adjacent to an activating group) is 1. The molecule has 0 saturated heterocycles. The normalized spacial score (nSPS) is 12.3. The highest BCUT2D eigenvalue weighted by Gasteiger charge is 2.12. The SMILES string of the molecule is CCNC(CCc1ccccc1)Cc1ccc(F)cc1F. The third kappa shape index (κ3) is 4.94. The summed E-state index contributed by atoms with van der Waals surface area (Å²) >= 11 is 0. The molecular formula is C18H21F2N. The first kappa shape index (κ1) is 15.6. The molecule has 2 aromatic carbocycles. The van der Waals surface area contributed by atoms with E-state index in [2.05, 4.69) is 17.4 Å². The molecule has 1 N–H and O–H groups in total. The maximum atomic E-state index is 13.7. The Morgan fingerprint density at radius 2 is 1.81 bits per heavy atom. The zero-order valence-corrected chi connectivity index (χ0v) is 12.3. The lowest BCUT2D eigenvalue weighted by atomic mass is 9.98. The molecule has 0 heterocycles. The van der Waals surface area contributed by atoms with Crippen LogP contribution in [0.25, 0.3) is 0 Å². The van der Waals surface area contributed by atoms with Gasteiger partial charge in [0.1, 0.15) is 11.6 Å². The van der Waals surface area contributed by atoms with Gasteiger partial charge in [-0.1, -0.05) is 43.3 Å². The highest BCUT2D eigenvalue weighted by Crippen LogP contribution is 2.14. The molecule has 0 aliphatic heterocycles. The fourth-order valence-electron chi connectivity index (χ4n) is 2.50. The Morgan fingerprint density at radius 1 is 1.05 bits per heavy atom. The van der Waals surface area contributed by atoms with Gasteiger partial charge < -0.3 is 5.32 Å². The van der Waals surface area contributed by atoms with Crippen molar-refractivity contribution in [3.8, 4) is 0 Å². The van der Waals surface area contributed by atoms with E-state index in [4.69, 9.17) is 0 Å². The van der Waals surface area contributed by atoms with Crippen LogP contribution in [0, 0.1) is 11.6 Å². The van der Waals surface area contributed by atoms with E-state index in [1.165, 1.54) is 17.7 Å². The molecule has 1 atom stereocenters. The number of benzene rings is 2. The lowest BCUT2D eigenvalue weighted by Crippen LogP contribution is -2.31. The first-order chi connectivity index (χ1) is 10.2. The van der Waals surface area contributed by atoms with Crippen LogP contribution in [-0.2, 0) is 12.8 Å². The number of halogens is 2. The lowest BCUT2D eigenvalue weighted by Gasteiger charge is -2.18. The summed E-state index contributed by atoms with van der Waals surface area (Å²) in [6.07, 6.45) is 2.45. The van der Waals surface area contributed by atoms with Gasteiger partial charge >= 0.3 is 0 Å². The molecule has 0 aromatic heterocycles. The van der Waals surface area contributed by atoms with Gasteiger partial charge in [-0.25, -0.2) is 8.78 Å². The maximum absolute atomic E-state index is 13.7. The van der Waals surface area contributed by atoms with Crippen molar-refractivity contribution >= 4 is 0 Å². The van der Waals surface area contributed by atoms with Crippen LogP contribution >= 0.6 is 0 Å². The van der Waals surface area contributed by atoms with E-state index in [0.29, 0.717) is 12.0 Å². The predicted molar refractivity (Wildman–Crippen MR) is 82.3 cm³/mol. The molecule has 2 rings (SSSR count). The van der Waals surface area contributed by atoms with Crippen LogP contribution in [0.15, 0.2) is 48.5 Å². The average Bonchev–Trinajstić information content (AvgIpc) is 2.49. The third-order valence-corrected chi connectivity index (χ3v) is 3.60. The summed E-state index contributed by atoms with van der Waals surface area (Å²) in [6, 6.07) is 14.2. The van der Waals surface area contributed by atoms with Crippen molar-refractivity contribution in [2.75, 3.05) is 6.54 Å². The van der Waals surface area contributed by atoms with Crippen molar-refractivity contribution < 1.29 is 8.78 Å². The van der Waals surface area contributed by atoms with Gasteiger partial charge in [0.2, 0.25) is 0 Å². The number of hydrogen-bond donors (Lipinski definition) is 1. The summed E-state index contributed by atoms with van der Waals surface area (Å²) in [4.78, 5) is 0. The molecule has 1 nitrogen and oxygen atoms in total. The molecule has 112 valence electrons. The predicted octanol–water partition coefficient (Wildman–Crippen LogP) is 4.12. The first-order valence-electron chi connectivity index (χ1n) is 7.40. The maximum Gasteiger partial charge on any atom is 0.129 e. The second kappa shape index (κ2) is 7.89. The van der Waals surface area contributed by atoms with Crippen LogP contribution in [0.1, 0.15) is 24.5 Å². The number of rotatable bonds is 7. The number of aryl methyl sites for hydroxylation is 1. The molecule has 0 spiro atoms. The fourth-order valence-corrected chi connectivity index (χ4v) is 2.50. The van der Waals surface area contributed by atoms with Crippen LogP contribution in [0.2, 0.25) is 0 Å². The summed E-state index contributed by atoms with van der Waals surface area (Å²) < 4.78 is 26.7. The van der Waals surface area contributed by atoms with Crippen molar-refractivity contribution in [2.45, 2.75) is 32.2 Å². The van der Waals surface area contributed by atoms with Gasteiger partial charge in [0.25, 0.3) is 0 Å².